The Kier molecular flexibility index (Phi) is 5.16. The van der Waals surface area contributed by atoms with Crippen molar-refractivity contribution in [2.45, 2.75) is 17.1 Å². The molecule has 0 atom stereocenters. The van der Waals surface area contributed by atoms with E-state index in [0.29, 0.717) is 22.3 Å². The topological polar surface area (TPSA) is 49.3 Å². The molecule has 0 aliphatic carbocycles. The number of aromatic hydroxyl groups is 1. The number of amides is 1. The summed E-state index contributed by atoms with van der Waals surface area (Å²) >= 11 is 0.460. The molecule has 0 saturated carbocycles. The van der Waals surface area contributed by atoms with Crippen molar-refractivity contribution in [1.29, 1.82) is 0 Å². The minimum atomic E-state index is -2.46. The SMILES string of the molecule is O=C(Cc1ccc(O)cc1)Nc1ccc(SC(F)F)cc1. The normalized spacial score (nSPS) is 10.6. The van der Waals surface area contributed by atoms with Gasteiger partial charge in [0.15, 0.2) is 0 Å². The Bertz CT molecular complexity index is 600. The number of rotatable bonds is 5. The number of nitrogens with one attached hydrogen (secondary N) is 1. The lowest BCUT2D eigenvalue weighted by Gasteiger charge is -2.06. The first-order chi connectivity index (χ1) is 10.0. The number of phenolic OH excluding ortho intramolecular Hbond substituents is 1. The fourth-order valence-corrected chi connectivity index (χ4v) is 2.22. The maximum Gasteiger partial charge on any atom is 0.288 e. The van der Waals surface area contributed by atoms with Crippen LogP contribution in [-0.4, -0.2) is 16.8 Å². The lowest BCUT2D eigenvalue weighted by Crippen LogP contribution is -2.14. The molecule has 0 saturated heterocycles. The molecule has 0 aromatic heterocycles. The molecule has 2 N–H and O–H groups in total. The van der Waals surface area contributed by atoms with Crippen LogP contribution in [0.3, 0.4) is 0 Å². The average Bonchev–Trinajstić information content (AvgIpc) is 2.43. The molecule has 0 bridgehead atoms. The number of carbonyl (C=O) groups is 1. The largest absolute Gasteiger partial charge is 0.508 e. The van der Waals surface area contributed by atoms with Crippen LogP contribution in [0.4, 0.5) is 14.5 Å². The Balaban J connectivity index is 1.91. The lowest BCUT2D eigenvalue weighted by molar-refractivity contribution is -0.115. The number of carbonyl (C=O) groups excluding carboxylic acids is 1. The molecule has 2 aromatic rings. The number of benzene rings is 2. The first kappa shape index (κ1) is 15.3. The van der Waals surface area contributed by atoms with Gasteiger partial charge in [-0.15, -0.1) is 0 Å². The Morgan fingerprint density at radius 1 is 1.10 bits per heavy atom. The summed E-state index contributed by atoms with van der Waals surface area (Å²) in [5, 5.41) is 11.8. The van der Waals surface area contributed by atoms with Gasteiger partial charge in [-0.2, -0.15) is 8.78 Å². The quantitative estimate of drug-likeness (QED) is 0.824. The second-order valence-corrected chi connectivity index (χ2v) is 5.36. The fourth-order valence-electron chi connectivity index (χ4n) is 1.72. The summed E-state index contributed by atoms with van der Waals surface area (Å²) in [4.78, 5) is 12.3. The molecule has 6 heteroatoms. The molecule has 0 spiro atoms. The van der Waals surface area contributed by atoms with Gasteiger partial charge in [0.1, 0.15) is 5.75 Å². The number of phenols is 1. The van der Waals surface area contributed by atoms with Crippen LogP contribution in [0.5, 0.6) is 5.75 Å². The smallest absolute Gasteiger partial charge is 0.288 e. The first-order valence-corrected chi connectivity index (χ1v) is 7.03. The van der Waals surface area contributed by atoms with Crippen LogP contribution in [0.25, 0.3) is 0 Å². The van der Waals surface area contributed by atoms with Crippen molar-refractivity contribution >= 4 is 23.4 Å². The van der Waals surface area contributed by atoms with Crippen molar-refractivity contribution in [3.8, 4) is 5.75 Å². The molecule has 2 aromatic carbocycles. The zero-order valence-electron chi connectivity index (χ0n) is 10.9. The number of hydrogen-bond acceptors (Lipinski definition) is 3. The molecule has 2 rings (SSSR count). The van der Waals surface area contributed by atoms with E-state index >= 15 is 0 Å². The molecule has 0 fully saturated rings. The second kappa shape index (κ2) is 7.08. The highest BCUT2D eigenvalue weighted by Crippen LogP contribution is 2.26. The Morgan fingerprint density at radius 3 is 2.29 bits per heavy atom. The predicted octanol–water partition coefficient (Wildman–Crippen LogP) is 3.89. The van der Waals surface area contributed by atoms with Crippen molar-refractivity contribution in [1.82, 2.24) is 0 Å². The van der Waals surface area contributed by atoms with Crippen LogP contribution < -0.4 is 5.32 Å². The number of alkyl halides is 2. The third kappa shape index (κ3) is 5.07. The molecule has 0 radical (unpaired) electrons. The van der Waals surface area contributed by atoms with E-state index in [9.17, 15) is 13.6 Å². The standard InChI is InChI=1S/C15H13F2NO2S/c16-15(17)21-13-7-3-11(4-8-13)18-14(20)9-10-1-5-12(19)6-2-10/h1-8,15,19H,9H2,(H,18,20). The van der Waals surface area contributed by atoms with Gasteiger partial charge in [-0.05, 0) is 42.0 Å². The Hall–Kier alpha value is -2.08. The molecule has 0 heterocycles. The van der Waals surface area contributed by atoms with Crippen LogP contribution in [0, 0.1) is 0 Å². The van der Waals surface area contributed by atoms with E-state index in [0.717, 1.165) is 5.56 Å². The fraction of sp³-hybridized carbons (Fsp3) is 0.133. The van der Waals surface area contributed by atoms with Crippen LogP contribution >= 0.6 is 11.8 Å². The van der Waals surface area contributed by atoms with Gasteiger partial charge in [0.05, 0.1) is 6.42 Å². The van der Waals surface area contributed by atoms with Gasteiger partial charge >= 0.3 is 0 Å². The van der Waals surface area contributed by atoms with Gasteiger partial charge in [0, 0.05) is 10.6 Å². The summed E-state index contributed by atoms with van der Waals surface area (Å²) in [5.41, 5.74) is 1.33. The van der Waals surface area contributed by atoms with Crippen LogP contribution in [-0.2, 0) is 11.2 Å². The highest BCUT2D eigenvalue weighted by atomic mass is 32.2. The number of anilines is 1. The van der Waals surface area contributed by atoms with E-state index in [1.165, 1.54) is 24.3 Å². The molecule has 21 heavy (non-hydrogen) atoms. The molecule has 0 unspecified atom stereocenters. The number of hydrogen-bond donors (Lipinski definition) is 2. The molecule has 1 amide bonds. The minimum Gasteiger partial charge on any atom is -0.508 e. The minimum absolute atomic E-state index is 0.145. The van der Waals surface area contributed by atoms with Crippen LogP contribution in [0.2, 0.25) is 0 Å². The van der Waals surface area contributed by atoms with Gasteiger partial charge < -0.3 is 10.4 Å². The highest BCUT2D eigenvalue weighted by molar-refractivity contribution is 7.99. The summed E-state index contributed by atoms with van der Waals surface area (Å²) in [6.45, 7) is 0. The van der Waals surface area contributed by atoms with E-state index in [2.05, 4.69) is 5.32 Å². The molecule has 0 aliphatic heterocycles. The van der Waals surface area contributed by atoms with Crippen LogP contribution in [0.1, 0.15) is 5.56 Å². The summed E-state index contributed by atoms with van der Waals surface area (Å²) in [5.74, 6) is -2.53. The third-order valence-electron chi connectivity index (χ3n) is 2.66. The van der Waals surface area contributed by atoms with Gasteiger partial charge in [-0.25, -0.2) is 0 Å². The zero-order chi connectivity index (χ0) is 15.2. The van der Waals surface area contributed by atoms with Crippen molar-refractivity contribution in [2.75, 3.05) is 5.32 Å². The first-order valence-electron chi connectivity index (χ1n) is 6.15. The lowest BCUT2D eigenvalue weighted by atomic mass is 10.1. The number of halogens is 2. The van der Waals surface area contributed by atoms with E-state index in [1.807, 2.05) is 0 Å². The maximum absolute atomic E-state index is 12.2. The van der Waals surface area contributed by atoms with Crippen molar-refractivity contribution in [3.05, 3.63) is 54.1 Å². The molecule has 0 aliphatic rings. The van der Waals surface area contributed by atoms with E-state index in [1.54, 1.807) is 24.3 Å². The van der Waals surface area contributed by atoms with Crippen molar-refractivity contribution in [2.24, 2.45) is 0 Å². The molecule has 110 valence electrons. The van der Waals surface area contributed by atoms with Crippen molar-refractivity contribution < 1.29 is 18.7 Å². The highest BCUT2D eigenvalue weighted by Gasteiger charge is 2.07. The zero-order valence-corrected chi connectivity index (χ0v) is 11.7. The van der Waals surface area contributed by atoms with E-state index in [4.69, 9.17) is 5.11 Å². The molecular formula is C15H13F2NO2S. The second-order valence-electron chi connectivity index (χ2n) is 4.29. The molecular weight excluding hydrogens is 296 g/mol. The molecule has 3 nitrogen and oxygen atoms in total. The van der Waals surface area contributed by atoms with Gasteiger partial charge in [-0.1, -0.05) is 23.9 Å². The van der Waals surface area contributed by atoms with Crippen LogP contribution in [0.15, 0.2) is 53.4 Å². The number of thioether (sulfide) groups is 1. The summed E-state index contributed by atoms with van der Waals surface area (Å²) in [6.07, 6.45) is 0.174. The Morgan fingerprint density at radius 2 is 1.71 bits per heavy atom. The van der Waals surface area contributed by atoms with Gasteiger partial charge in [0.25, 0.3) is 5.76 Å². The maximum atomic E-state index is 12.2. The third-order valence-corrected chi connectivity index (χ3v) is 3.39. The summed E-state index contributed by atoms with van der Waals surface area (Å²) in [7, 11) is 0. The van der Waals surface area contributed by atoms with Gasteiger partial charge in [0.2, 0.25) is 5.91 Å². The monoisotopic (exact) mass is 309 g/mol. The summed E-state index contributed by atoms with van der Waals surface area (Å²) < 4.78 is 24.4. The predicted molar refractivity (Wildman–Crippen MR) is 78.7 cm³/mol. The van der Waals surface area contributed by atoms with E-state index < -0.39 is 5.76 Å². The van der Waals surface area contributed by atoms with E-state index in [-0.39, 0.29) is 18.1 Å². The Labute approximate surface area is 125 Å². The van der Waals surface area contributed by atoms with Crippen molar-refractivity contribution in [3.63, 3.8) is 0 Å². The van der Waals surface area contributed by atoms with Gasteiger partial charge in [-0.3, -0.25) is 4.79 Å². The average molecular weight is 309 g/mol. The summed E-state index contributed by atoms with van der Waals surface area (Å²) in [6, 6.07) is 12.6.